The van der Waals surface area contributed by atoms with Gasteiger partial charge in [0.25, 0.3) is 17.4 Å². The zero-order valence-corrected chi connectivity index (χ0v) is 16.2. The van der Waals surface area contributed by atoms with Crippen LogP contribution >= 0.6 is 0 Å². The Bertz CT molecular complexity index is 971. The third kappa shape index (κ3) is 3.12. The minimum Gasteiger partial charge on any atom is -0.448 e. The SMILES string of the molecule is CCc1ocnc1C(=O)N1CC2(CCCN(C(=O)c3ccn(C)c(=O)c3)C2)C1. The maximum atomic E-state index is 12.9. The van der Waals surface area contributed by atoms with E-state index in [0.717, 1.165) is 12.8 Å². The maximum absolute atomic E-state index is 12.9. The van der Waals surface area contributed by atoms with Gasteiger partial charge in [0.15, 0.2) is 12.1 Å². The third-order valence-corrected chi connectivity index (χ3v) is 5.80. The second kappa shape index (κ2) is 6.92. The lowest BCUT2D eigenvalue weighted by atomic mass is 9.73. The summed E-state index contributed by atoms with van der Waals surface area (Å²) in [5.41, 5.74) is 0.542. The number of hydrogen-bond acceptors (Lipinski definition) is 5. The van der Waals surface area contributed by atoms with Crippen LogP contribution in [0.4, 0.5) is 0 Å². The van der Waals surface area contributed by atoms with Gasteiger partial charge in [0.1, 0.15) is 5.76 Å². The van der Waals surface area contributed by atoms with Crippen LogP contribution in [-0.4, -0.2) is 57.3 Å². The normalized spacial score (nSPS) is 18.2. The van der Waals surface area contributed by atoms with E-state index in [4.69, 9.17) is 4.42 Å². The first-order chi connectivity index (χ1) is 13.4. The topological polar surface area (TPSA) is 88.7 Å². The molecule has 0 aromatic carbocycles. The molecule has 2 saturated heterocycles. The van der Waals surface area contributed by atoms with Crippen molar-refractivity contribution in [2.75, 3.05) is 26.2 Å². The van der Waals surface area contributed by atoms with Gasteiger partial charge in [-0.25, -0.2) is 4.98 Å². The average molecular weight is 384 g/mol. The van der Waals surface area contributed by atoms with Crippen LogP contribution in [0, 0.1) is 5.41 Å². The molecule has 4 rings (SSSR count). The summed E-state index contributed by atoms with van der Waals surface area (Å²) in [5.74, 6) is 0.384. The van der Waals surface area contributed by atoms with Crippen molar-refractivity contribution in [3.05, 3.63) is 52.1 Å². The molecule has 0 atom stereocenters. The van der Waals surface area contributed by atoms with Crippen molar-refractivity contribution in [2.45, 2.75) is 26.2 Å². The summed E-state index contributed by atoms with van der Waals surface area (Å²) in [6.07, 6.45) is 5.42. The van der Waals surface area contributed by atoms with E-state index >= 15 is 0 Å². The molecule has 2 aromatic rings. The van der Waals surface area contributed by atoms with Gasteiger partial charge in [-0.2, -0.15) is 0 Å². The van der Waals surface area contributed by atoms with Crippen LogP contribution in [0.25, 0.3) is 0 Å². The molecule has 2 amide bonds. The van der Waals surface area contributed by atoms with Crippen molar-refractivity contribution in [3.63, 3.8) is 0 Å². The number of hydrogen-bond donors (Lipinski definition) is 0. The van der Waals surface area contributed by atoms with Crippen molar-refractivity contribution >= 4 is 11.8 Å². The largest absolute Gasteiger partial charge is 0.448 e. The number of likely N-dealkylation sites (tertiary alicyclic amines) is 2. The van der Waals surface area contributed by atoms with Gasteiger partial charge in [0.2, 0.25) is 0 Å². The fourth-order valence-corrected chi connectivity index (χ4v) is 4.26. The van der Waals surface area contributed by atoms with E-state index in [2.05, 4.69) is 4.98 Å². The van der Waals surface area contributed by atoms with Crippen LogP contribution in [-0.2, 0) is 13.5 Å². The van der Waals surface area contributed by atoms with Crippen molar-refractivity contribution < 1.29 is 14.0 Å². The third-order valence-electron chi connectivity index (χ3n) is 5.80. The zero-order chi connectivity index (χ0) is 19.9. The number of aryl methyl sites for hydroxylation is 2. The van der Waals surface area contributed by atoms with Crippen LogP contribution < -0.4 is 5.56 Å². The van der Waals surface area contributed by atoms with E-state index in [1.807, 2.05) is 11.8 Å². The van der Waals surface area contributed by atoms with Gasteiger partial charge in [-0.1, -0.05) is 6.92 Å². The van der Waals surface area contributed by atoms with E-state index in [1.165, 1.54) is 17.0 Å². The van der Waals surface area contributed by atoms with Crippen LogP contribution in [0.3, 0.4) is 0 Å². The lowest BCUT2D eigenvalue weighted by Gasteiger charge is -2.54. The van der Waals surface area contributed by atoms with E-state index in [9.17, 15) is 14.4 Å². The number of carbonyl (C=O) groups excluding carboxylic acids is 2. The lowest BCUT2D eigenvalue weighted by molar-refractivity contribution is -0.0341. The minimum atomic E-state index is -0.197. The molecule has 0 radical (unpaired) electrons. The highest BCUT2D eigenvalue weighted by molar-refractivity contribution is 5.95. The van der Waals surface area contributed by atoms with Gasteiger partial charge in [-0.15, -0.1) is 0 Å². The molecular formula is C20H24N4O4. The van der Waals surface area contributed by atoms with E-state index in [1.54, 1.807) is 24.2 Å². The summed E-state index contributed by atoms with van der Waals surface area (Å²) in [7, 11) is 1.66. The molecular weight excluding hydrogens is 360 g/mol. The molecule has 2 aliphatic heterocycles. The van der Waals surface area contributed by atoms with Gasteiger partial charge < -0.3 is 18.8 Å². The fraction of sp³-hybridized carbons (Fsp3) is 0.500. The Morgan fingerprint density at radius 3 is 2.68 bits per heavy atom. The Morgan fingerprint density at radius 1 is 1.21 bits per heavy atom. The van der Waals surface area contributed by atoms with Crippen LogP contribution in [0.2, 0.25) is 0 Å². The molecule has 0 aliphatic carbocycles. The molecule has 28 heavy (non-hydrogen) atoms. The number of aromatic nitrogens is 2. The molecule has 0 bridgehead atoms. The first-order valence-electron chi connectivity index (χ1n) is 9.60. The number of rotatable bonds is 3. The van der Waals surface area contributed by atoms with Crippen LogP contribution in [0.1, 0.15) is 46.4 Å². The first-order valence-corrected chi connectivity index (χ1v) is 9.60. The van der Waals surface area contributed by atoms with Gasteiger partial charge in [-0.05, 0) is 18.9 Å². The molecule has 2 aliphatic rings. The molecule has 8 heteroatoms. The molecule has 8 nitrogen and oxygen atoms in total. The highest BCUT2D eigenvalue weighted by atomic mass is 16.3. The van der Waals surface area contributed by atoms with Crippen molar-refractivity contribution in [1.29, 1.82) is 0 Å². The Hall–Kier alpha value is -2.90. The standard InChI is InChI=1S/C20H24N4O4/c1-3-15-17(21-13-28-15)19(27)24-11-20(12-24)6-4-7-23(10-20)18(26)14-5-8-22(2)16(25)9-14/h5,8-9,13H,3-4,6-7,10-12H2,1-2H3. The quantitative estimate of drug-likeness (QED) is 0.796. The second-order valence-electron chi connectivity index (χ2n) is 7.83. The maximum Gasteiger partial charge on any atom is 0.276 e. The fourth-order valence-electron chi connectivity index (χ4n) is 4.26. The van der Waals surface area contributed by atoms with Gasteiger partial charge in [0, 0.05) is 62.9 Å². The predicted molar refractivity (Wildman–Crippen MR) is 101 cm³/mol. The smallest absolute Gasteiger partial charge is 0.276 e. The molecule has 1 spiro atoms. The molecule has 0 saturated carbocycles. The van der Waals surface area contributed by atoms with Gasteiger partial charge in [-0.3, -0.25) is 14.4 Å². The van der Waals surface area contributed by atoms with Crippen molar-refractivity contribution in [1.82, 2.24) is 19.4 Å². The van der Waals surface area contributed by atoms with Crippen molar-refractivity contribution in [2.24, 2.45) is 12.5 Å². The Kier molecular flexibility index (Phi) is 4.56. The number of pyridine rings is 1. The summed E-state index contributed by atoms with van der Waals surface area (Å²) in [5, 5.41) is 0. The number of carbonyl (C=O) groups is 2. The Balaban J connectivity index is 1.43. The Labute approximate surface area is 162 Å². The van der Waals surface area contributed by atoms with Crippen LogP contribution in [0.15, 0.2) is 33.9 Å². The molecule has 0 N–H and O–H groups in total. The Morgan fingerprint density at radius 2 is 1.96 bits per heavy atom. The van der Waals surface area contributed by atoms with E-state index in [0.29, 0.717) is 49.6 Å². The number of amides is 2. The first kappa shape index (κ1) is 18.5. The van der Waals surface area contributed by atoms with Crippen LogP contribution in [0.5, 0.6) is 0 Å². The highest BCUT2D eigenvalue weighted by Gasteiger charge is 2.49. The lowest BCUT2D eigenvalue weighted by Crippen LogP contribution is -2.64. The molecule has 2 fully saturated rings. The average Bonchev–Trinajstić information content (AvgIpc) is 3.16. The number of piperidine rings is 1. The monoisotopic (exact) mass is 384 g/mol. The molecule has 2 aromatic heterocycles. The molecule has 0 unspecified atom stereocenters. The summed E-state index contributed by atoms with van der Waals surface area (Å²) in [6, 6.07) is 3.07. The predicted octanol–water partition coefficient (Wildman–Crippen LogP) is 1.31. The highest BCUT2D eigenvalue weighted by Crippen LogP contribution is 2.40. The molecule has 148 valence electrons. The summed E-state index contributed by atoms with van der Waals surface area (Å²) >= 11 is 0. The minimum absolute atomic E-state index is 0.0700. The number of nitrogens with zero attached hydrogens (tertiary/aromatic N) is 4. The zero-order valence-electron chi connectivity index (χ0n) is 16.2. The van der Waals surface area contributed by atoms with E-state index < -0.39 is 0 Å². The molecule has 4 heterocycles. The number of oxazole rings is 1. The van der Waals surface area contributed by atoms with Crippen molar-refractivity contribution in [3.8, 4) is 0 Å². The summed E-state index contributed by atoms with van der Waals surface area (Å²) < 4.78 is 6.71. The summed E-state index contributed by atoms with van der Waals surface area (Å²) in [6.45, 7) is 4.43. The summed E-state index contributed by atoms with van der Waals surface area (Å²) in [4.78, 5) is 45.0. The second-order valence-corrected chi connectivity index (χ2v) is 7.83. The van der Waals surface area contributed by atoms with E-state index in [-0.39, 0.29) is 22.8 Å². The van der Waals surface area contributed by atoms with Gasteiger partial charge in [0.05, 0.1) is 0 Å². The van der Waals surface area contributed by atoms with Gasteiger partial charge >= 0.3 is 0 Å².